The van der Waals surface area contributed by atoms with Crippen LogP contribution in [0.25, 0.3) is 16.5 Å². The lowest BCUT2D eigenvalue weighted by Gasteiger charge is -2.53. The Balaban J connectivity index is 1.50. The van der Waals surface area contributed by atoms with E-state index in [0.717, 1.165) is 15.5 Å². The van der Waals surface area contributed by atoms with Crippen molar-refractivity contribution >= 4 is 22.3 Å². The van der Waals surface area contributed by atoms with Crippen LogP contribution in [0.2, 0.25) is 0 Å². The van der Waals surface area contributed by atoms with Crippen molar-refractivity contribution in [1.82, 2.24) is 13.9 Å². The molecule has 1 aliphatic heterocycles. The Morgan fingerprint density at radius 3 is 2.32 bits per heavy atom. The number of aromatic nitrogens is 3. The Bertz CT molecular complexity index is 1990. The van der Waals surface area contributed by atoms with E-state index >= 15 is 0 Å². The summed E-state index contributed by atoms with van der Waals surface area (Å²) in [7, 11) is 0. The highest BCUT2D eigenvalue weighted by Gasteiger charge is 2.61. The average Bonchev–Trinajstić information content (AvgIpc) is 3.25. The van der Waals surface area contributed by atoms with E-state index in [4.69, 9.17) is 0 Å². The number of hydrogen-bond donors (Lipinski definition) is 1. The number of para-hydroxylation sites is 1. The van der Waals surface area contributed by atoms with Crippen molar-refractivity contribution in [3.8, 4) is 11.4 Å². The second-order valence-corrected chi connectivity index (χ2v) is 11.6. The number of hydrogen-bond acceptors (Lipinski definition) is 5. The van der Waals surface area contributed by atoms with Crippen LogP contribution in [0.15, 0.2) is 99.1 Å². The lowest BCUT2D eigenvalue weighted by molar-refractivity contribution is -0.140. The molecule has 8 heteroatoms. The molecule has 0 unspecified atom stereocenters. The fourth-order valence-electron chi connectivity index (χ4n) is 7.49. The van der Waals surface area contributed by atoms with Gasteiger partial charge in [0.2, 0.25) is 0 Å². The molecule has 7 rings (SSSR count). The number of phenols is 1. The molecule has 0 amide bonds. The number of phenolic OH excluding ortho intramolecular Hbond substituents is 1. The van der Waals surface area contributed by atoms with E-state index < -0.39 is 34.7 Å². The number of benzene rings is 3. The number of ketones is 2. The normalized spacial score (nSPS) is 25.5. The summed E-state index contributed by atoms with van der Waals surface area (Å²) in [6, 6.07) is 19.3. The van der Waals surface area contributed by atoms with E-state index in [9.17, 15) is 24.3 Å². The van der Waals surface area contributed by atoms with Gasteiger partial charge in [-0.1, -0.05) is 67.6 Å². The Kier molecular flexibility index (Phi) is 5.32. The lowest BCUT2D eigenvalue weighted by Crippen LogP contribution is -2.55. The number of carbonyl (C=O) groups excluding carboxylic acids is 2. The first kappa shape index (κ1) is 25.3. The maximum atomic E-state index is 14.2. The number of Topliss-reactive ketones (excluding diaryl/α,β-unsaturated/α-hetero) is 2. The van der Waals surface area contributed by atoms with Crippen molar-refractivity contribution in [1.29, 1.82) is 0 Å². The third-order valence-electron chi connectivity index (χ3n) is 9.69. The summed E-state index contributed by atoms with van der Waals surface area (Å²) in [5.41, 5.74) is 0.458. The smallest absolute Gasteiger partial charge is 0.352 e. The zero-order valence-electron chi connectivity index (χ0n) is 23.0. The molecule has 1 aromatic heterocycles. The number of fused-ring (bicyclic) bond motifs is 5. The summed E-state index contributed by atoms with van der Waals surface area (Å²) in [4.78, 5) is 55.6. The molecule has 0 bridgehead atoms. The van der Waals surface area contributed by atoms with Crippen molar-refractivity contribution in [3.05, 3.63) is 116 Å². The van der Waals surface area contributed by atoms with Gasteiger partial charge in [0.15, 0.2) is 11.6 Å². The SMILES string of the molecule is CC1=C(C)C(=O)[C@@]2(C)[C@@H](c3ccc4ccccc4c3O)C3=CCn4c(=O)n(-c5ccccc5)c(=O)n4[C@@H]3C[C@H]2C1=O. The van der Waals surface area contributed by atoms with Gasteiger partial charge in [0.05, 0.1) is 23.7 Å². The second-order valence-electron chi connectivity index (χ2n) is 11.6. The predicted octanol–water partition coefficient (Wildman–Crippen LogP) is 4.44. The molecule has 1 fully saturated rings. The van der Waals surface area contributed by atoms with Crippen LogP contribution in [0.4, 0.5) is 0 Å². The molecule has 2 aliphatic carbocycles. The molecule has 1 N–H and O–H groups in total. The van der Waals surface area contributed by atoms with E-state index in [-0.39, 0.29) is 30.3 Å². The fraction of sp³-hybridized carbons (Fsp3) is 0.273. The topological polar surface area (TPSA) is 103 Å². The van der Waals surface area contributed by atoms with Crippen LogP contribution in [0.5, 0.6) is 5.75 Å². The van der Waals surface area contributed by atoms with E-state index in [2.05, 4.69) is 0 Å². The van der Waals surface area contributed by atoms with Gasteiger partial charge in [0.25, 0.3) is 0 Å². The number of carbonyl (C=O) groups is 2. The number of allylic oxidation sites excluding steroid dienone is 4. The molecule has 1 saturated carbocycles. The predicted molar refractivity (Wildman–Crippen MR) is 154 cm³/mol. The average molecular weight is 548 g/mol. The monoisotopic (exact) mass is 547 g/mol. The van der Waals surface area contributed by atoms with E-state index in [1.807, 2.05) is 55.5 Å². The summed E-state index contributed by atoms with van der Waals surface area (Å²) < 4.78 is 4.01. The van der Waals surface area contributed by atoms with Gasteiger partial charge in [0.1, 0.15) is 5.75 Å². The minimum absolute atomic E-state index is 0.0518. The van der Waals surface area contributed by atoms with Gasteiger partial charge in [-0.3, -0.25) is 9.59 Å². The summed E-state index contributed by atoms with van der Waals surface area (Å²) in [6.07, 6.45) is 2.10. The van der Waals surface area contributed by atoms with Gasteiger partial charge in [-0.2, -0.15) is 0 Å². The molecular formula is C33H29N3O5. The Morgan fingerprint density at radius 1 is 0.854 bits per heavy atom. The third kappa shape index (κ3) is 3.21. The largest absolute Gasteiger partial charge is 0.507 e. The molecule has 0 radical (unpaired) electrons. The zero-order valence-corrected chi connectivity index (χ0v) is 23.0. The summed E-state index contributed by atoms with van der Waals surface area (Å²) in [6.45, 7) is 5.32. The molecule has 3 aromatic carbocycles. The Morgan fingerprint density at radius 2 is 1.56 bits per heavy atom. The Hall–Kier alpha value is -4.72. The molecule has 4 aromatic rings. The van der Waals surface area contributed by atoms with Crippen LogP contribution in [0, 0.1) is 11.3 Å². The molecule has 0 saturated heterocycles. The molecule has 4 atom stereocenters. The first-order valence-electron chi connectivity index (χ1n) is 13.8. The summed E-state index contributed by atoms with van der Waals surface area (Å²) in [5, 5.41) is 13.1. The molecule has 206 valence electrons. The van der Waals surface area contributed by atoms with Crippen molar-refractivity contribution < 1.29 is 14.7 Å². The number of nitrogens with zero attached hydrogens (tertiary/aromatic N) is 3. The molecular weight excluding hydrogens is 518 g/mol. The summed E-state index contributed by atoms with van der Waals surface area (Å²) in [5.74, 6) is -1.65. The van der Waals surface area contributed by atoms with Gasteiger partial charge in [0, 0.05) is 22.8 Å². The van der Waals surface area contributed by atoms with Crippen LogP contribution >= 0.6 is 0 Å². The van der Waals surface area contributed by atoms with Crippen LogP contribution in [0.1, 0.15) is 44.7 Å². The first-order chi connectivity index (χ1) is 19.7. The highest BCUT2D eigenvalue weighted by Crippen LogP contribution is 2.61. The highest BCUT2D eigenvalue weighted by molar-refractivity contribution is 6.16. The minimum Gasteiger partial charge on any atom is -0.507 e. The van der Waals surface area contributed by atoms with Gasteiger partial charge in [-0.05, 0) is 54.5 Å². The van der Waals surface area contributed by atoms with Crippen molar-refractivity contribution in [3.63, 3.8) is 0 Å². The minimum atomic E-state index is -1.18. The van der Waals surface area contributed by atoms with Crippen LogP contribution < -0.4 is 11.4 Å². The van der Waals surface area contributed by atoms with Gasteiger partial charge in [-0.25, -0.2) is 23.5 Å². The van der Waals surface area contributed by atoms with Crippen LogP contribution in [-0.4, -0.2) is 30.6 Å². The first-order valence-corrected chi connectivity index (χ1v) is 13.8. The van der Waals surface area contributed by atoms with Crippen LogP contribution in [-0.2, 0) is 16.1 Å². The van der Waals surface area contributed by atoms with Gasteiger partial charge < -0.3 is 5.11 Å². The molecule has 3 aliphatic rings. The fourth-order valence-corrected chi connectivity index (χ4v) is 7.49. The van der Waals surface area contributed by atoms with E-state index in [0.29, 0.717) is 27.8 Å². The molecule has 41 heavy (non-hydrogen) atoms. The molecule has 8 nitrogen and oxygen atoms in total. The number of aromatic hydroxyl groups is 1. The molecule has 2 heterocycles. The van der Waals surface area contributed by atoms with Gasteiger partial charge in [-0.15, -0.1) is 0 Å². The Labute approximate surface area is 235 Å². The maximum absolute atomic E-state index is 14.2. The summed E-state index contributed by atoms with van der Waals surface area (Å²) >= 11 is 0. The maximum Gasteiger partial charge on any atom is 0.352 e. The van der Waals surface area contributed by atoms with E-state index in [1.54, 1.807) is 38.1 Å². The standard InChI is InChI=1S/C33H29N3O5/c1-18-19(2)30(39)33(3)25(28(18)37)17-26-23(27(33)24-14-13-20-9-7-8-12-22(20)29(24)38)15-16-34-31(40)35(32(41)36(26)34)21-10-5-4-6-11-21/h4-15,25-27,38H,16-17H2,1-3H3/t25-,26+,27+,33+/m0/s1. The van der Waals surface area contributed by atoms with Crippen molar-refractivity contribution in [2.45, 2.75) is 45.7 Å². The number of rotatable bonds is 2. The second kappa shape index (κ2) is 8.64. The van der Waals surface area contributed by atoms with E-state index in [1.165, 1.54) is 9.36 Å². The highest BCUT2D eigenvalue weighted by atomic mass is 16.3. The zero-order chi connectivity index (χ0) is 28.8. The van der Waals surface area contributed by atoms with Gasteiger partial charge >= 0.3 is 11.4 Å². The quantitative estimate of drug-likeness (QED) is 0.374. The van der Waals surface area contributed by atoms with Crippen LogP contribution in [0.3, 0.4) is 0 Å². The lowest BCUT2D eigenvalue weighted by atomic mass is 9.50. The van der Waals surface area contributed by atoms with Crippen molar-refractivity contribution in [2.75, 3.05) is 0 Å². The third-order valence-corrected chi connectivity index (χ3v) is 9.69. The molecule has 0 spiro atoms. The van der Waals surface area contributed by atoms with Crippen molar-refractivity contribution in [2.24, 2.45) is 11.3 Å².